The smallest absolute Gasteiger partial charge is 0.146 e. The third-order valence-corrected chi connectivity index (χ3v) is 2.77. The highest BCUT2D eigenvalue weighted by atomic mass is 79.9. The van der Waals surface area contributed by atoms with E-state index in [0.29, 0.717) is 6.04 Å². The topological polar surface area (TPSA) is 49.8 Å². The molecule has 1 aromatic rings. The van der Waals surface area contributed by atoms with Crippen LogP contribution in [0.4, 0.5) is 11.6 Å². The van der Waals surface area contributed by atoms with Crippen LogP contribution in [0.25, 0.3) is 0 Å². The zero-order chi connectivity index (χ0) is 10.6. The van der Waals surface area contributed by atoms with Crippen molar-refractivity contribution in [3.8, 4) is 0 Å². The van der Waals surface area contributed by atoms with Gasteiger partial charge in [0.05, 0.1) is 0 Å². The molecule has 0 amide bonds. The molecule has 0 spiro atoms. The monoisotopic (exact) mass is 258 g/mol. The zero-order valence-electron chi connectivity index (χ0n) is 8.63. The molecule has 1 heterocycles. The average molecular weight is 259 g/mol. The first-order chi connectivity index (χ1) is 6.69. The number of hydrogen-bond donors (Lipinski definition) is 2. The predicted molar refractivity (Wildman–Crippen MR) is 62.7 cm³/mol. The van der Waals surface area contributed by atoms with E-state index in [2.05, 4.69) is 50.4 Å². The highest BCUT2D eigenvalue weighted by Crippen LogP contribution is 2.26. The quantitative estimate of drug-likeness (QED) is 0.872. The summed E-state index contributed by atoms with van der Waals surface area (Å²) in [5.41, 5.74) is 0. The third-order valence-electron chi connectivity index (χ3n) is 2.02. The molecule has 2 N–H and O–H groups in total. The normalized spacial score (nSPS) is 12.3. The molecular formula is C9H15BrN4. The van der Waals surface area contributed by atoms with Gasteiger partial charge in [-0.05, 0) is 29.3 Å². The summed E-state index contributed by atoms with van der Waals surface area (Å²) >= 11 is 3.45. The van der Waals surface area contributed by atoms with Crippen molar-refractivity contribution in [2.75, 3.05) is 17.7 Å². The molecule has 0 bridgehead atoms. The molecule has 1 atom stereocenters. The van der Waals surface area contributed by atoms with E-state index in [0.717, 1.165) is 22.5 Å². The Kier molecular flexibility index (Phi) is 4.13. The number of halogens is 1. The van der Waals surface area contributed by atoms with Crippen molar-refractivity contribution >= 4 is 27.6 Å². The molecule has 0 aliphatic rings. The summed E-state index contributed by atoms with van der Waals surface area (Å²) in [4.78, 5) is 8.25. The molecule has 0 fully saturated rings. The van der Waals surface area contributed by atoms with Gasteiger partial charge < -0.3 is 10.6 Å². The van der Waals surface area contributed by atoms with Crippen molar-refractivity contribution in [3.63, 3.8) is 0 Å². The van der Waals surface area contributed by atoms with Gasteiger partial charge in [-0.2, -0.15) is 0 Å². The summed E-state index contributed by atoms with van der Waals surface area (Å²) in [5.74, 6) is 1.63. The Balaban J connectivity index is 2.86. The molecule has 1 rings (SSSR count). The van der Waals surface area contributed by atoms with E-state index in [1.165, 1.54) is 0 Å². The van der Waals surface area contributed by atoms with Crippen LogP contribution in [0.5, 0.6) is 0 Å². The molecule has 0 saturated heterocycles. The highest BCUT2D eigenvalue weighted by molar-refractivity contribution is 9.10. The first-order valence-electron chi connectivity index (χ1n) is 4.63. The molecule has 0 radical (unpaired) electrons. The van der Waals surface area contributed by atoms with Crippen LogP contribution in [-0.4, -0.2) is 23.1 Å². The molecule has 78 valence electrons. The van der Waals surface area contributed by atoms with Gasteiger partial charge in [-0.15, -0.1) is 0 Å². The Labute approximate surface area is 92.7 Å². The summed E-state index contributed by atoms with van der Waals surface area (Å²) in [7, 11) is 1.83. The first kappa shape index (κ1) is 11.2. The number of hydrogen-bond acceptors (Lipinski definition) is 4. The fraction of sp³-hybridized carbons (Fsp3) is 0.556. The van der Waals surface area contributed by atoms with E-state index < -0.39 is 0 Å². The van der Waals surface area contributed by atoms with Gasteiger partial charge in [0.25, 0.3) is 0 Å². The van der Waals surface area contributed by atoms with Crippen LogP contribution in [0, 0.1) is 0 Å². The molecule has 4 nitrogen and oxygen atoms in total. The molecule has 5 heteroatoms. The lowest BCUT2D eigenvalue weighted by Gasteiger charge is -2.14. The predicted octanol–water partition coefficient (Wildman–Crippen LogP) is 2.49. The largest absolute Gasteiger partial charge is 0.372 e. The molecule has 1 unspecified atom stereocenters. The minimum atomic E-state index is 0.408. The van der Waals surface area contributed by atoms with Crippen molar-refractivity contribution in [2.45, 2.75) is 26.3 Å². The highest BCUT2D eigenvalue weighted by Gasteiger charge is 2.08. The lowest BCUT2D eigenvalue weighted by Crippen LogP contribution is -2.15. The van der Waals surface area contributed by atoms with Crippen molar-refractivity contribution in [2.24, 2.45) is 0 Å². The second kappa shape index (κ2) is 5.14. The average Bonchev–Trinajstić information content (AvgIpc) is 2.21. The fourth-order valence-corrected chi connectivity index (χ4v) is 1.50. The molecule has 1 aromatic heterocycles. The lowest BCUT2D eigenvalue weighted by atomic mass is 10.2. The van der Waals surface area contributed by atoms with Crippen molar-refractivity contribution in [1.82, 2.24) is 9.97 Å². The van der Waals surface area contributed by atoms with E-state index in [4.69, 9.17) is 0 Å². The maximum Gasteiger partial charge on any atom is 0.146 e. The van der Waals surface area contributed by atoms with Crippen LogP contribution in [0.15, 0.2) is 10.8 Å². The van der Waals surface area contributed by atoms with Crippen molar-refractivity contribution in [1.29, 1.82) is 0 Å². The Morgan fingerprint density at radius 2 is 2.07 bits per heavy atom. The van der Waals surface area contributed by atoms with Gasteiger partial charge >= 0.3 is 0 Å². The number of anilines is 2. The number of rotatable bonds is 4. The zero-order valence-corrected chi connectivity index (χ0v) is 10.2. The maximum absolute atomic E-state index is 4.17. The van der Waals surface area contributed by atoms with Gasteiger partial charge in [0.15, 0.2) is 0 Å². The lowest BCUT2D eigenvalue weighted by molar-refractivity contribution is 0.757. The van der Waals surface area contributed by atoms with Crippen LogP contribution in [0.2, 0.25) is 0 Å². The molecule has 0 aliphatic carbocycles. The molecule has 0 aromatic carbocycles. The number of nitrogens with one attached hydrogen (secondary N) is 2. The second-order valence-corrected chi connectivity index (χ2v) is 3.88. The van der Waals surface area contributed by atoms with Crippen LogP contribution >= 0.6 is 15.9 Å². The summed E-state index contributed by atoms with van der Waals surface area (Å²) in [6.07, 6.45) is 2.60. The molecule has 0 saturated carbocycles. The van der Waals surface area contributed by atoms with E-state index in [9.17, 15) is 0 Å². The van der Waals surface area contributed by atoms with Gasteiger partial charge in [-0.25, -0.2) is 9.97 Å². The molecule has 0 aliphatic heterocycles. The summed E-state index contributed by atoms with van der Waals surface area (Å²) in [6.45, 7) is 4.25. The van der Waals surface area contributed by atoms with Crippen molar-refractivity contribution in [3.05, 3.63) is 10.8 Å². The Morgan fingerprint density at radius 1 is 1.43 bits per heavy atom. The molecule has 14 heavy (non-hydrogen) atoms. The maximum atomic E-state index is 4.17. The van der Waals surface area contributed by atoms with Gasteiger partial charge in [-0.1, -0.05) is 6.92 Å². The van der Waals surface area contributed by atoms with E-state index in [-0.39, 0.29) is 0 Å². The van der Waals surface area contributed by atoms with Crippen molar-refractivity contribution < 1.29 is 0 Å². The second-order valence-electron chi connectivity index (χ2n) is 3.09. The summed E-state index contributed by atoms with van der Waals surface area (Å²) in [5, 5.41) is 6.29. The SMILES string of the molecule is CCC(C)Nc1ncnc(NC)c1Br. The van der Waals surface area contributed by atoms with E-state index >= 15 is 0 Å². The first-order valence-corrected chi connectivity index (χ1v) is 5.43. The van der Waals surface area contributed by atoms with Crippen LogP contribution in [0.1, 0.15) is 20.3 Å². The van der Waals surface area contributed by atoms with Crippen LogP contribution in [0.3, 0.4) is 0 Å². The van der Waals surface area contributed by atoms with Gasteiger partial charge in [-0.3, -0.25) is 0 Å². The number of nitrogens with zero attached hydrogens (tertiary/aromatic N) is 2. The number of aromatic nitrogens is 2. The van der Waals surface area contributed by atoms with E-state index in [1.807, 2.05) is 7.05 Å². The minimum absolute atomic E-state index is 0.408. The third kappa shape index (κ3) is 2.57. The fourth-order valence-electron chi connectivity index (χ4n) is 0.980. The Morgan fingerprint density at radius 3 is 2.64 bits per heavy atom. The van der Waals surface area contributed by atoms with Gasteiger partial charge in [0, 0.05) is 13.1 Å². The van der Waals surface area contributed by atoms with Gasteiger partial charge in [0.1, 0.15) is 22.4 Å². The summed E-state index contributed by atoms with van der Waals surface area (Å²) in [6, 6.07) is 0.408. The Bertz CT molecular complexity index is 303. The van der Waals surface area contributed by atoms with Crippen LogP contribution in [-0.2, 0) is 0 Å². The standard InChI is InChI=1S/C9H15BrN4/c1-4-6(2)14-9-7(10)8(11-3)12-5-13-9/h5-6H,4H2,1-3H3,(H2,11,12,13,14). The van der Waals surface area contributed by atoms with Crippen LogP contribution < -0.4 is 10.6 Å². The minimum Gasteiger partial charge on any atom is -0.372 e. The van der Waals surface area contributed by atoms with E-state index in [1.54, 1.807) is 6.33 Å². The Hall–Kier alpha value is -0.840. The summed E-state index contributed by atoms with van der Waals surface area (Å²) < 4.78 is 0.878. The molecular weight excluding hydrogens is 244 g/mol. The van der Waals surface area contributed by atoms with Gasteiger partial charge in [0.2, 0.25) is 0 Å².